The molecule has 0 fully saturated rings. The number of fused-ring (bicyclic) bond motifs is 1. The van der Waals surface area contributed by atoms with Crippen molar-refractivity contribution < 1.29 is 14.4 Å². The zero-order valence-corrected chi connectivity index (χ0v) is 17.3. The largest absolute Gasteiger partial charge is 0.323 e. The fourth-order valence-corrected chi connectivity index (χ4v) is 3.47. The minimum Gasteiger partial charge on any atom is -0.323 e. The van der Waals surface area contributed by atoms with Gasteiger partial charge < -0.3 is 10.2 Å². The number of anilines is 2. The Bertz CT molecular complexity index is 1120. The third kappa shape index (κ3) is 4.89. The fraction of sp³-hybridized carbons (Fsp3) is 0.120. The van der Waals surface area contributed by atoms with Gasteiger partial charge in [-0.1, -0.05) is 72.8 Å². The van der Waals surface area contributed by atoms with Crippen molar-refractivity contribution in [3.63, 3.8) is 0 Å². The van der Waals surface area contributed by atoms with Crippen molar-refractivity contribution in [2.75, 3.05) is 16.8 Å². The van der Waals surface area contributed by atoms with Gasteiger partial charge in [0.05, 0.1) is 17.1 Å². The molecule has 1 heterocycles. The van der Waals surface area contributed by atoms with Crippen LogP contribution in [0.5, 0.6) is 0 Å². The topological polar surface area (TPSA) is 90.9 Å². The van der Waals surface area contributed by atoms with Crippen LogP contribution in [0.25, 0.3) is 0 Å². The zero-order valence-electron chi connectivity index (χ0n) is 17.3. The number of nitrogens with zero attached hydrogens (tertiary/aromatic N) is 2. The Kier molecular flexibility index (Phi) is 6.36. The third-order valence-electron chi connectivity index (χ3n) is 5.02. The summed E-state index contributed by atoms with van der Waals surface area (Å²) >= 11 is 0. The van der Waals surface area contributed by atoms with Gasteiger partial charge in [-0.25, -0.2) is 5.43 Å². The highest BCUT2D eigenvalue weighted by Gasteiger charge is 2.26. The van der Waals surface area contributed by atoms with Crippen molar-refractivity contribution in [3.05, 3.63) is 96.1 Å². The van der Waals surface area contributed by atoms with E-state index < -0.39 is 0 Å². The Morgan fingerprint density at radius 3 is 2.09 bits per heavy atom. The molecule has 0 atom stereocenters. The molecule has 3 amide bonds. The lowest BCUT2D eigenvalue weighted by Gasteiger charge is -2.29. The van der Waals surface area contributed by atoms with Crippen molar-refractivity contribution in [1.82, 2.24) is 5.43 Å². The number of amides is 3. The second kappa shape index (κ2) is 9.70. The lowest BCUT2D eigenvalue weighted by molar-refractivity contribution is -0.125. The minimum atomic E-state index is -0.377. The molecule has 0 unspecified atom stereocenters. The van der Waals surface area contributed by atoms with Crippen molar-refractivity contribution in [1.29, 1.82) is 0 Å². The van der Waals surface area contributed by atoms with E-state index in [4.69, 9.17) is 0 Å². The van der Waals surface area contributed by atoms with E-state index in [2.05, 4.69) is 15.8 Å². The van der Waals surface area contributed by atoms with Gasteiger partial charge in [0.1, 0.15) is 6.54 Å². The molecule has 2 N–H and O–H groups in total. The molecule has 0 bridgehead atoms. The molecule has 4 rings (SSSR count). The van der Waals surface area contributed by atoms with Crippen molar-refractivity contribution in [3.8, 4) is 0 Å². The van der Waals surface area contributed by atoms with E-state index in [0.29, 0.717) is 17.1 Å². The Labute approximate surface area is 185 Å². The van der Waals surface area contributed by atoms with Gasteiger partial charge in [0.25, 0.3) is 0 Å². The van der Waals surface area contributed by atoms with Gasteiger partial charge in [0, 0.05) is 24.0 Å². The van der Waals surface area contributed by atoms with Crippen LogP contribution in [0, 0.1) is 0 Å². The first-order valence-electron chi connectivity index (χ1n) is 10.3. The van der Waals surface area contributed by atoms with E-state index in [-0.39, 0.29) is 37.1 Å². The predicted octanol–water partition coefficient (Wildman–Crippen LogP) is 3.32. The standard InChI is InChI=1S/C25H22N4O3/c30-22(15-16-24(32)29-17-23(31)26-20-13-7-8-14-21(20)29)27-28-25(18-9-3-1-4-10-18)19-11-5-2-6-12-19/h1-14H,15-17H2,(H,26,31)(H,27,30). The summed E-state index contributed by atoms with van der Waals surface area (Å²) in [6, 6.07) is 26.2. The van der Waals surface area contributed by atoms with Crippen LogP contribution in [-0.4, -0.2) is 30.0 Å². The van der Waals surface area contributed by atoms with E-state index in [1.54, 1.807) is 24.3 Å². The zero-order chi connectivity index (χ0) is 22.3. The average molecular weight is 426 g/mol. The maximum absolute atomic E-state index is 12.7. The summed E-state index contributed by atoms with van der Waals surface area (Å²) in [5, 5.41) is 7.07. The lowest BCUT2D eigenvalue weighted by atomic mass is 10.0. The Hall–Kier alpha value is -4.26. The van der Waals surface area contributed by atoms with Crippen LogP contribution in [0.4, 0.5) is 11.4 Å². The van der Waals surface area contributed by atoms with Gasteiger partial charge in [0.15, 0.2) is 0 Å². The first-order valence-corrected chi connectivity index (χ1v) is 10.3. The number of hydrazone groups is 1. The number of carbonyl (C=O) groups is 3. The summed E-state index contributed by atoms with van der Waals surface area (Å²) in [6.07, 6.45) is -0.0749. The van der Waals surface area contributed by atoms with Crippen LogP contribution in [-0.2, 0) is 14.4 Å². The van der Waals surface area contributed by atoms with Gasteiger partial charge in [-0.15, -0.1) is 0 Å². The molecule has 32 heavy (non-hydrogen) atoms. The van der Waals surface area contributed by atoms with Gasteiger partial charge in [0.2, 0.25) is 17.7 Å². The van der Waals surface area contributed by atoms with Gasteiger partial charge in [-0.05, 0) is 12.1 Å². The van der Waals surface area contributed by atoms with E-state index in [1.807, 2.05) is 60.7 Å². The quantitative estimate of drug-likeness (QED) is 0.468. The normalized spacial score (nSPS) is 12.4. The van der Waals surface area contributed by atoms with Crippen LogP contribution in [0.3, 0.4) is 0 Å². The molecule has 7 nitrogen and oxygen atoms in total. The Balaban J connectivity index is 1.43. The number of carbonyl (C=O) groups excluding carboxylic acids is 3. The summed E-state index contributed by atoms with van der Waals surface area (Å²) < 4.78 is 0. The lowest BCUT2D eigenvalue weighted by Crippen LogP contribution is -2.42. The van der Waals surface area contributed by atoms with E-state index in [9.17, 15) is 14.4 Å². The Morgan fingerprint density at radius 1 is 0.844 bits per heavy atom. The molecule has 0 spiro atoms. The number of hydrogen-bond acceptors (Lipinski definition) is 4. The molecular weight excluding hydrogens is 404 g/mol. The number of hydrogen-bond donors (Lipinski definition) is 2. The van der Waals surface area contributed by atoms with Crippen LogP contribution < -0.4 is 15.6 Å². The molecule has 3 aromatic rings. The number of benzene rings is 3. The summed E-state index contributed by atoms with van der Waals surface area (Å²) in [7, 11) is 0. The first-order chi connectivity index (χ1) is 15.6. The molecule has 0 aromatic heterocycles. The van der Waals surface area contributed by atoms with Crippen molar-refractivity contribution >= 4 is 34.8 Å². The maximum Gasteiger partial charge on any atom is 0.244 e. The summed E-state index contributed by atoms with van der Waals surface area (Å²) in [4.78, 5) is 38.5. The number of nitrogens with one attached hydrogen (secondary N) is 2. The number of para-hydroxylation sites is 2. The van der Waals surface area contributed by atoms with E-state index >= 15 is 0 Å². The first kappa shape index (κ1) is 21.0. The molecule has 7 heteroatoms. The fourth-order valence-electron chi connectivity index (χ4n) is 3.47. The van der Waals surface area contributed by atoms with Gasteiger partial charge >= 0.3 is 0 Å². The summed E-state index contributed by atoms with van der Waals surface area (Å²) in [5.74, 6) is -0.934. The van der Waals surface area contributed by atoms with Crippen LogP contribution in [0.1, 0.15) is 24.0 Å². The molecule has 0 saturated carbocycles. The second-order valence-corrected chi connectivity index (χ2v) is 7.27. The van der Waals surface area contributed by atoms with Crippen LogP contribution in [0.2, 0.25) is 0 Å². The van der Waals surface area contributed by atoms with Crippen molar-refractivity contribution in [2.24, 2.45) is 5.10 Å². The average Bonchev–Trinajstić information content (AvgIpc) is 2.83. The SMILES string of the molecule is O=C(CCC(=O)N1CC(=O)Nc2ccccc21)NN=C(c1ccccc1)c1ccccc1. The molecule has 3 aromatic carbocycles. The number of rotatable bonds is 6. The smallest absolute Gasteiger partial charge is 0.244 e. The highest BCUT2D eigenvalue weighted by molar-refractivity contribution is 6.13. The summed E-state index contributed by atoms with van der Waals surface area (Å²) in [6.45, 7) is -0.0677. The molecule has 0 aliphatic carbocycles. The maximum atomic E-state index is 12.7. The monoisotopic (exact) mass is 426 g/mol. The van der Waals surface area contributed by atoms with Crippen molar-refractivity contribution in [2.45, 2.75) is 12.8 Å². The molecule has 160 valence electrons. The van der Waals surface area contributed by atoms with E-state index in [0.717, 1.165) is 11.1 Å². The van der Waals surface area contributed by atoms with Gasteiger partial charge in [-0.2, -0.15) is 5.10 Å². The third-order valence-corrected chi connectivity index (χ3v) is 5.02. The molecule has 1 aliphatic heterocycles. The molecule has 0 radical (unpaired) electrons. The second-order valence-electron chi connectivity index (χ2n) is 7.27. The predicted molar refractivity (Wildman–Crippen MR) is 123 cm³/mol. The van der Waals surface area contributed by atoms with E-state index in [1.165, 1.54) is 4.90 Å². The Morgan fingerprint density at radius 2 is 1.44 bits per heavy atom. The highest BCUT2D eigenvalue weighted by atomic mass is 16.2. The minimum absolute atomic E-state index is 0.0328. The summed E-state index contributed by atoms with van der Waals surface area (Å²) in [5.41, 5.74) is 6.15. The van der Waals surface area contributed by atoms with Gasteiger partial charge in [-0.3, -0.25) is 14.4 Å². The van der Waals surface area contributed by atoms with Crippen LogP contribution >= 0.6 is 0 Å². The molecule has 1 aliphatic rings. The molecule has 0 saturated heterocycles. The van der Waals surface area contributed by atoms with Crippen LogP contribution in [0.15, 0.2) is 90.0 Å². The molecular formula is C25H22N4O3. The highest BCUT2D eigenvalue weighted by Crippen LogP contribution is 2.29.